The van der Waals surface area contributed by atoms with E-state index in [0.29, 0.717) is 17.2 Å². The second-order valence-electron chi connectivity index (χ2n) is 3.98. The van der Waals surface area contributed by atoms with Gasteiger partial charge in [-0.3, -0.25) is 0 Å². The summed E-state index contributed by atoms with van der Waals surface area (Å²) in [6.45, 7) is 1.97. The lowest BCUT2D eigenvalue weighted by atomic mass is 10.1. The molecule has 0 atom stereocenters. The number of nitrogens with zero attached hydrogens (tertiary/aromatic N) is 1. The van der Waals surface area contributed by atoms with Gasteiger partial charge in [0.2, 0.25) is 0 Å². The van der Waals surface area contributed by atoms with E-state index in [4.69, 9.17) is 21.6 Å². The lowest BCUT2D eigenvalue weighted by Gasteiger charge is -2.09. The molecule has 0 saturated heterocycles. The number of hydrogen-bond acceptors (Lipinski definition) is 2. The van der Waals surface area contributed by atoms with Crippen LogP contribution < -0.4 is 4.74 Å². The van der Waals surface area contributed by atoms with Crippen LogP contribution in [-0.2, 0) is 5.88 Å². The molecule has 2 aromatic rings. The molecule has 90 valence electrons. The van der Waals surface area contributed by atoms with Gasteiger partial charge >= 0.3 is 0 Å². The summed E-state index contributed by atoms with van der Waals surface area (Å²) in [6, 6.07) is 15.0. The molecule has 2 nitrogen and oxygen atoms in total. The number of alkyl halides is 1. The van der Waals surface area contributed by atoms with Crippen molar-refractivity contribution in [1.82, 2.24) is 0 Å². The topological polar surface area (TPSA) is 33.0 Å². The van der Waals surface area contributed by atoms with Crippen LogP contribution in [0.1, 0.15) is 16.7 Å². The van der Waals surface area contributed by atoms with Crippen LogP contribution >= 0.6 is 11.6 Å². The zero-order valence-corrected chi connectivity index (χ0v) is 10.7. The van der Waals surface area contributed by atoms with Crippen LogP contribution in [0.3, 0.4) is 0 Å². The molecule has 0 aliphatic rings. The first kappa shape index (κ1) is 12.5. The average molecular weight is 258 g/mol. The monoisotopic (exact) mass is 257 g/mol. The van der Waals surface area contributed by atoms with Gasteiger partial charge in [-0.05, 0) is 42.3 Å². The molecule has 0 fully saturated rings. The van der Waals surface area contributed by atoms with Crippen LogP contribution in [0.2, 0.25) is 0 Å². The maximum Gasteiger partial charge on any atom is 0.130 e. The van der Waals surface area contributed by atoms with Crippen LogP contribution in [0.5, 0.6) is 11.5 Å². The Balaban J connectivity index is 2.26. The fraction of sp³-hybridized carbons (Fsp3) is 0.133. The molecule has 0 amide bonds. The minimum absolute atomic E-state index is 0.491. The fourth-order valence-electron chi connectivity index (χ4n) is 1.67. The average Bonchev–Trinajstić information content (AvgIpc) is 2.41. The molecule has 2 aromatic carbocycles. The Bertz CT molecular complexity index is 602. The number of hydrogen-bond donors (Lipinski definition) is 0. The van der Waals surface area contributed by atoms with Crippen LogP contribution in [0.15, 0.2) is 42.5 Å². The fourth-order valence-corrected chi connectivity index (χ4v) is 1.83. The van der Waals surface area contributed by atoms with Crippen molar-refractivity contribution in [3.05, 3.63) is 59.2 Å². The first-order chi connectivity index (χ1) is 8.72. The lowest BCUT2D eigenvalue weighted by Crippen LogP contribution is -1.89. The zero-order chi connectivity index (χ0) is 13.0. The molecule has 18 heavy (non-hydrogen) atoms. The Morgan fingerprint density at radius 3 is 2.72 bits per heavy atom. The molecule has 0 aliphatic carbocycles. The van der Waals surface area contributed by atoms with E-state index in [0.717, 1.165) is 16.9 Å². The summed E-state index contributed by atoms with van der Waals surface area (Å²) in [5, 5.41) is 8.83. The molecule has 0 spiro atoms. The van der Waals surface area contributed by atoms with Gasteiger partial charge in [-0.2, -0.15) is 5.26 Å². The summed E-state index contributed by atoms with van der Waals surface area (Å²) in [4.78, 5) is 0. The van der Waals surface area contributed by atoms with Gasteiger partial charge in [0.05, 0.1) is 11.6 Å². The minimum Gasteiger partial charge on any atom is -0.457 e. The number of halogens is 1. The molecule has 0 heterocycles. The van der Waals surface area contributed by atoms with Crippen LogP contribution in [0.25, 0.3) is 0 Å². The summed E-state index contributed by atoms with van der Waals surface area (Å²) in [7, 11) is 0. The second-order valence-corrected chi connectivity index (χ2v) is 4.24. The molecule has 2 rings (SSSR count). The molecular formula is C15H12ClNO. The van der Waals surface area contributed by atoms with Gasteiger partial charge in [-0.25, -0.2) is 0 Å². The van der Waals surface area contributed by atoms with Crippen molar-refractivity contribution < 1.29 is 4.74 Å². The van der Waals surface area contributed by atoms with E-state index in [1.54, 1.807) is 18.2 Å². The van der Waals surface area contributed by atoms with Crippen molar-refractivity contribution >= 4 is 11.6 Å². The third-order valence-corrected chi connectivity index (χ3v) is 2.89. The molecule has 0 saturated carbocycles. The van der Waals surface area contributed by atoms with E-state index >= 15 is 0 Å². The predicted octanol–water partition coefficient (Wildman–Crippen LogP) is 4.40. The lowest BCUT2D eigenvalue weighted by molar-refractivity contribution is 0.478. The van der Waals surface area contributed by atoms with Crippen molar-refractivity contribution in [1.29, 1.82) is 5.26 Å². The van der Waals surface area contributed by atoms with Crippen molar-refractivity contribution in [3.63, 3.8) is 0 Å². The third-order valence-electron chi connectivity index (χ3n) is 2.58. The highest BCUT2D eigenvalue weighted by molar-refractivity contribution is 6.17. The van der Waals surface area contributed by atoms with E-state index in [1.807, 2.05) is 31.2 Å². The Morgan fingerprint density at radius 2 is 2.06 bits per heavy atom. The number of nitriles is 1. The van der Waals surface area contributed by atoms with Crippen LogP contribution in [-0.4, -0.2) is 0 Å². The van der Waals surface area contributed by atoms with Gasteiger partial charge in [-0.1, -0.05) is 18.2 Å². The van der Waals surface area contributed by atoms with Gasteiger partial charge in [0.25, 0.3) is 0 Å². The highest BCUT2D eigenvalue weighted by atomic mass is 35.5. The maximum atomic E-state index is 8.83. The second kappa shape index (κ2) is 5.57. The van der Waals surface area contributed by atoms with E-state index < -0.39 is 0 Å². The number of ether oxygens (including phenoxy) is 1. The maximum absolute atomic E-state index is 8.83. The first-order valence-corrected chi connectivity index (χ1v) is 6.10. The Hall–Kier alpha value is -1.98. The highest BCUT2D eigenvalue weighted by Crippen LogP contribution is 2.26. The van der Waals surface area contributed by atoms with E-state index in [2.05, 4.69) is 6.07 Å². The standard InChI is InChI=1S/C15H12ClNO/c1-11-7-12(9-16)5-6-15(11)18-14-4-2-3-13(8-14)10-17/h2-8H,9H2,1H3. The molecular weight excluding hydrogens is 246 g/mol. The van der Waals surface area contributed by atoms with Crippen LogP contribution in [0, 0.1) is 18.3 Å². The van der Waals surface area contributed by atoms with Crippen LogP contribution in [0.4, 0.5) is 0 Å². The smallest absolute Gasteiger partial charge is 0.130 e. The zero-order valence-electron chi connectivity index (χ0n) is 9.98. The van der Waals surface area contributed by atoms with Crippen molar-refractivity contribution in [2.24, 2.45) is 0 Å². The summed E-state index contributed by atoms with van der Waals surface area (Å²) in [6.07, 6.45) is 0. The largest absolute Gasteiger partial charge is 0.457 e. The van der Waals surface area contributed by atoms with Gasteiger partial charge in [0, 0.05) is 5.88 Å². The van der Waals surface area contributed by atoms with E-state index in [-0.39, 0.29) is 0 Å². The summed E-state index contributed by atoms with van der Waals surface area (Å²) in [5.74, 6) is 1.93. The molecule has 0 unspecified atom stereocenters. The normalized spacial score (nSPS) is 9.83. The molecule has 0 aliphatic heterocycles. The number of aryl methyl sites for hydroxylation is 1. The molecule has 0 aromatic heterocycles. The minimum atomic E-state index is 0.491. The predicted molar refractivity (Wildman–Crippen MR) is 72.0 cm³/mol. The van der Waals surface area contributed by atoms with Crippen molar-refractivity contribution in [2.45, 2.75) is 12.8 Å². The Labute approximate surface area is 111 Å². The number of benzene rings is 2. The van der Waals surface area contributed by atoms with Gasteiger partial charge in [-0.15, -0.1) is 11.6 Å². The van der Waals surface area contributed by atoms with Crippen molar-refractivity contribution in [2.75, 3.05) is 0 Å². The third kappa shape index (κ3) is 2.82. The Morgan fingerprint density at radius 1 is 1.22 bits per heavy atom. The van der Waals surface area contributed by atoms with Gasteiger partial charge in [0.1, 0.15) is 11.5 Å². The van der Waals surface area contributed by atoms with Crippen molar-refractivity contribution in [3.8, 4) is 17.6 Å². The molecule has 3 heteroatoms. The molecule has 0 bridgehead atoms. The molecule has 0 radical (unpaired) electrons. The summed E-state index contributed by atoms with van der Waals surface area (Å²) < 4.78 is 5.76. The van der Waals surface area contributed by atoms with E-state index in [1.165, 1.54) is 0 Å². The first-order valence-electron chi connectivity index (χ1n) is 5.56. The summed E-state index contributed by atoms with van der Waals surface area (Å²) in [5.41, 5.74) is 2.67. The van der Waals surface area contributed by atoms with E-state index in [9.17, 15) is 0 Å². The quantitative estimate of drug-likeness (QED) is 0.764. The SMILES string of the molecule is Cc1cc(CCl)ccc1Oc1cccc(C#N)c1. The number of rotatable bonds is 3. The summed E-state index contributed by atoms with van der Waals surface area (Å²) >= 11 is 5.77. The van der Waals surface area contributed by atoms with Gasteiger partial charge < -0.3 is 4.74 Å². The highest BCUT2D eigenvalue weighted by Gasteiger charge is 2.03. The van der Waals surface area contributed by atoms with Gasteiger partial charge in [0.15, 0.2) is 0 Å². The molecule has 0 N–H and O–H groups in total. The Kier molecular flexibility index (Phi) is 3.86.